The van der Waals surface area contributed by atoms with Gasteiger partial charge in [0, 0.05) is 4.47 Å². The molecule has 0 saturated heterocycles. The Hall–Kier alpha value is -2.07. The van der Waals surface area contributed by atoms with E-state index in [0.29, 0.717) is 10.2 Å². The molecule has 4 heteroatoms. The van der Waals surface area contributed by atoms with Crippen LogP contribution in [-0.2, 0) is 6.61 Å². The number of phenolic OH excluding ortho intramolecular Hbond substituents is 1. The topological polar surface area (TPSA) is 29.5 Å². The van der Waals surface area contributed by atoms with Crippen molar-refractivity contribution in [1.82, 2.24) is 0 Å². The first-order valence-electron chi connectivity index (χ1n) is 6.41. The lowest BCUT2D eigenvalue weighted by Crippen LogP contribution is -1.96. The second-order valence-electron chi connectivity index (χ2n) is 4.76. The van der Waals surface area contributed by atoms with E-state index in [2.05, 4.69) is 15.9 Å². The van der Waals surface area contributed by atoms with Gasteiger partial charge in [-0.25, -0.2) is 4.39 Å². The number of ether oxygens (including phenoxy) is 1. The molecule has 21 heavy (non-hydrogen) atoms. The van der Waals surface area contributed by atoms with Crippen molar-refractivity contribution in [1.29, 1.82) is 0 Å². The molecule has 0 aliphatic rings. The first-order valence-corrected chi connectivity index (χ1v) is 7.20. The lowest BCUT2D eigenvalue weighted by molar-refractivity contribution is 0.306. The number of rotatable bonds is 3. The van der Waals surface area contributed by atoms with Gasteiger partial charge in [-0.1, -0.05) is 28.1 Å². The summed E-state index contributed by atoms with van der Waals surface area (Å²) in [6.07, 6.45) is 0. The van der Waals surface area contributed by atoms with Gasteiger partial charge in [0.05, 0.1) is 0 Å². The molecule has 0 unspecified atom stereocenters. The summed E-state index contributed by atoms with van der Waals surface area (Å²) in [4.78, 5) is 0. The molecular formula is C17H12BrFO2. The summed E-state index contributed by atoms with van der Waals surface area (Å²) in [5.41, 5.74) is 0.748. The number of fused-ring (bicyclic) bond motifs is 1. The summed E-state index contributed by atoms with van der Waals surface area (Å²) >= 11 is 3.26. The Kier molecular flexibility index (Phi) is 3.80. The Morgan fingerprint density at radius 2 is 1.76 bits per heavy atom. The van der Waals surface area contributed by atoms with E-state index in [0.717, 1.165) is 16.3 Å². The standard InChI is InChI=1S/C17H12BrFO2/c18-14-5-11(6-15(19)9-14)10-21-17-4-2-12-1-3-16(20)7-13(12)8-17/h1-9,20H,10H2. The summed E-state index contributed by atoms with van der Waals surface area (Å²) in [5, 5.41) is 11.4. The molecule has 2 nitrogen and oxygen atoms in total. The molecule has 0 saturated carbocycles. The van der Waals surface area contributed by atoms with Crippen LogP contribution in [0.4, 0.5) is 4.39 Å². The molecular weight excluding hydrogens is 335 g/mol. The predicted octanol–water partition coefficient (Wildman–Crippen LogP) is 5.03. The van der Waals surface area contributed by atoms with Crippen LogP contribution in [0.1, 0.15) is 5.56 Å². The molecule has 3 rings (SSSR count). The van der Waals surface area contributed by atoms with Gasteiger partial charge < -0.3 is 9.84 Å². The van der Waals surface area contributed by atoms with Crippen molar-refractivity contribution in [3.63, 3.8) is 0 Å². The highest BCUT2D eigenvalue weighted by molar-refractivity contribution is 9.10. The fourth-order valence-electron chi connectivity index (χ4n) is 2.16. The van der Waals surface area contributed by atoms with Crippen LogP contribution in [0.2, 0.25) is 0 Å². The number of hydrogen-bond donors (Lipinski definition) is 1. The lowest BCUT2D eigenvalue weighted by atomic mass is 10.1. The summed E-state index contributed by atoms with van der Waals surface area (Å²) < 4.78 is 19.7. The van der Waals surface area contributed by atoms with Crippen LogP contribution in [0.15, 0.2) is 59.1 Å². The van der Waals surface area contributed by atoms with E-state index >= 15 is 0 Å². The fourth-order valence-corrected chi connectivity index (χ4v) is 2.68. The van der Waals surface area contributed by atoms with Crippen LogP contribution >= 0.6 is 15.9 Å². The highest BCUT2D eigenvalue weighted by atomic mass is 79.9. The minimum absolute atomic E-state index is 0.216. The van der Waals surface area contributed by atoms with Crippen molar-refractivity contribution in [3.8, 4) is 11.5 Å². The van der Waals surface area contributed by atoms with Crippen LogP contribution in [0.25, 0.3) is 10.8 Å². The zero-order chi connectivity index (χ0) is 14.8. The Bertz CT molecular complexity index is 782. The second-order valence-corrected chi connectivity index (χ2v) is 5.68. The zero-order valence-electron chi connectivity index (χ0n) is 11.0. The molecule has 3 aromatic rings. The minimum Gasteiger partial charge on any atom is -0.508 e. The molecule has 0 spiro atoms. The third-order valence-electron chi connectivity index (χ3n) is 3.12. The molecule has 106 valence electrons. The van der Waals surface area contributed by atoms with Crippen LogP contribution < -0.4 is 4.74 Å². The highest BCUT2D eigenvalue weighted by Crippen LogP contribution is 2.25. The van der Waals surface area contributed by atoms with Gasteiger partial charge in [-0.15, -0.1) is 0 Å². The van der Waals surface area contributed by atoms with Crippen LogP contribution in [-0.4, -0.2) is 5.11 Å². The van der Waals surface area contributed by atoms with Crippen molar-refractivity contribution in [2.75, 3.05) is 0 Å². The normalized spacial score (nSPS) is 10.8. The van der Waals surface area contributed by atoms with Gasteiger partial charge in [-0.3, -0.25) is 0 Å². The quantitative estimate of drug-likeness (QED) is 0.720. The molecule has 0 heterocycles. The Morgan fingerprint density at radius 3 is 2.57 bits per heavy atom. The van der Waals surface area contributed by atoms with E-state index in [1.54, 1.807) is 12.1 Å². The highest BCUT2D eigenvalue weighted by Gasteiger charge is 2.02. The number of hydrogen-bond acceptors (Lipinski definition) is 2. The number of aromatic hydroxyl groups is 1. The molecule has 3 aromatic carbocycles. The van der Waals surface area contributed by atoms with Gasteiger partial charge in [-0.2, -0.15) is 0 Å². The summed E-state index contributed by atoms with van der Waals surface area (Å²) in [6, 6.07) is 15.5. The van der Waals surface area contributed by atoms with Crippen LogP contribution in [0, 0.1) is 5.82 Å². The number of benzene rings is 3. The number of halogens is 2. The fraction of sp³-hybridized carbons (Fsp3) is 0.0588. The number of phenols is 1. The van der Waals surface area contributed by atoms with E-state index in [1.165, 1.54) is 12.1 Å². The molecule has 0 fully saturated rings. The molecule has 0 aliphatic heterocycles. The maximum Gasteiger partial charge on any atom is 0.124 e. The van der Waals surface area contributed by atoms with Gasteiger partial charge in [0.2, 0.25) is 0 Å². The average molecular weight is 347 g/mol. The molecule has 0 aromatic heterocycles. The first-order chi connectivity index (χ1) is 10.1. The largest absolute Gasteiger partial charge is 0.508 e. The molecule has 0 aliphatic carbocycles. The SMILES string of the molecule is Oc1ccc2ccc(OCc3cc(F)cc(Br)c3)cc2c1. The smallest absolute Gasteiger partial charge is 0.124 e. The summed E-state index contributed by atoms with van der Waals surface area (Å²) in [6.45, 7) is 0.278. The monoisotopic (exact) mass is 346 g/mol. The second kappa shape index (κ2) is 5.74. The maximum atomic E-state index is 13.3. The zero-order valence-corrected chi connectivity index (χ0v) is 12.6. The van der Waals surface area contributed by atoms with Gasteiger partial charge in [0.1, 0.15) is 23.9 Å². The molecule has 0 radical (unpaired) electrons. The Balaban J connectivity index is 1.81. The first kappa shape index (κ1) is 13.9. The Morgan fingerprint density at radius 1 is 0.952 bits per heavy atom. The molecule has 0 amide bonds. The van der Waals surface area contributed by atoms with E-state index in [-0.39, 0.29) is 18.2 Å². The van der Waals surface area contributed by atoms with Crippen molar-refractivity contribution < 1.29 is 14.2 Å². The van der Waals surface area contributed by atoms with Crippen molar-refractivity contribution in [3.05, 3.63) is 70.5 Å². The average Bonchev–Trinajstić information content (AvgIpc) is 2.43. The lowest BCUT2D eigenvalue weighted by Gasteiger charge is -2.08. The van der Waals surface area contributed by atoms with Crippen molar-refractivity contribution in [2.45, 2.75) is 6.61 Å². The molecule has 1 N–H and O–H groups in total. The van der Waals surface area contributed by atoms with E-state index in [9.17, 15) is 9.50 Å². The van der Waals surface area contributed by atoms with Gasteiger partial charge in [0.15, 0.2) is 0 Å². The van der Waals surface area contributed by atoms with Crippen LogP contribution in [0.5, 0.6) is 11.5 Å². The summed E-state index contributed by atoms with van der Waals surface area (Å²) in [7, 11) is 0. The van der Waals surface area contributed by atoms with Crippen LogP contribution in [0.3, 0.4) is 0 Å². The van der Waals surface area contributed by atoms with E-state index in [1.807, 2.05) is 30.3 Å². The van der Waals surface area contributed by atoms with Gasteiger partial charge in [0.25, 0.3) is 0 Å². The minimum atomic E-state index is -0.300. The van der Waals surface area contributed by atoms with E-state index < -0.39 is 0 Å². The van der Waals surface area contributed by atoms with Gasteiger partial charge in [-0.05, 0) is 58.8 Å². The maximum absolute atomic E-state index is 13.3. The Labute approximate surface area is 129 Å². The van der Waals surface area contributed by atoms with Gasteiger partial charge >= 0.3 is 0 Å². The predicted molar refractivity (Wildman–Crippen MR) is 84.0 cm³/mol. The van der Waals surface area contributed by atoms with E-state index in [4.69, 9.17) is 4.74 Å². The third-order valence-corrected chi connectivity index (χ3v) is 3.58. The summed E-state index contributed by atoms with van der Waals surface area (Å²) in [5.74, 6) is 0.591. The van der Waals surface area contributed by atoms with Crippen molar-refractivity contribution in [2.24, 2.45) is 0 Å². The van der Waals surface area contributed by atoms with Crippen molar-refractivity contribution >= 4 is 26.7 Å². The third kappa shape index (κ3) is 3.34. The molecule has 0 atom stereocenters. The molecule has 0 bridgehead atoms.